The molecule has 0 radical (unpaired) electrons. The van der Waals surface area contributed by atoms with Crippen LogP contribution in [0.25, 0.3) is 0 Å². The second-order valence-electron chi connectivity index (χ2n) is 2.00. The number of nitrogens with two attached hydrogens (primary N) is 1. The molecule has 6 heteroatoms. The first-order valence-electron chi connectivity index (χ1n) is 2.63. The monoisotopic (exact) mass is 166 g/mol. The van der Waals surface area contributed by atoms with E-state index in [0.29, 0.717) is 0 Å². The highest BCUT2D eigenvalue weighted by Crippen LogP contribution is 1.83. The van der Waals surface area contributed by atoms with Crippen LogP contribution in [-0.2, 0) is 15.0 Å². The van der Waals surface area contributed by atoms with Crippen LogP contribution in [0.5, 0.6) is 0 Å². The molecule has 0 aliphatic heterocycles. The van der Waals surface area contributed by atoms with Crippen LogP contribution in [-0.4, -0.2) is 20.2 Å². The van der Waals surface area contributed by atoms with Crippen molar-refractivity contribution >= 4 is 16.0 Å². The SMILES string of the molecule is CC(=O)C(C)NS(N)(=O)=O. The molecule has 0 saturated heterocycles. The Balaban J connectivity index is 4.06. The van der Waals surface area contributed by atoms with Crippen LogP contribution in [0.3, 0.4) is 0 Å². The normalized spacial score (nSPS) is 14.7. The minimum absolute atomic E-state index is 0.269. The average molecular weight is 166 g/mol. The Bertz CT molecular complexity index is 221. The Labute approximate surface area is 59.8 Å². The summed E-state index contributed by atoms with van der Waals surface area (Å²) in [6.07, 6.45) is 0. The van der Waals surface area contributed by atoms with E-state index in [1.54, 1.807) is 0 Å². The van der Waals surface area contributed by atoms with Gasteiger partial charge in [0.15, 0.2) is 0 Å². The van der Waals surface area contributed by atoms with Gasteiger partial charge in [0.1, 0.15) is 5.78 Å². The molecule has 0 heterocycles. The molecule has 0 rings (SSSR count). The van der Waals surface area contributed by atoms with Crippen LogP contribution < -0.4 is 9.86 Å². The van der Waals surface area contributed by atoms with Crippen molar-refractivity contribution in [1.29, 1.82) is 0 Å². The van der Waals surface area contributed by atoms with E-state index in [4.69, 9.17) is 0 Å². The van der Waals surface area contributed by atoms with Gasteiger partial charge in [-0.25, -0.2) is 5.14 Å². The number of carbonyl (C=O) groups excluding carboxylic acids is 1. The third-order valence-corrected chi connectivity index (χ3v) is 1.63. The lowest BCUT2D eigenvalue weighted by Crippen LogP contribution is -2.41. The first-order valence-corrected chi connectivity index (χ1v) is 4.18. The molecule has 60 valence electrons. The van der Waals surface area contributed by atoms with Crippen molar-refractivity contribution in [3.8, 4) is 0 Å². The van der Waals surface area contributed by atoms with Gasteiger partial charge in [-0.2, -0.15) is 13.1 Å². The van der Waals surface area contributed by atoms with Crippen molar-refractivity contribution in [2.24, 2.45) is 5.14 Å². The standard InChI is InChI=1S/C4H10N2O3S/c1-3(4(2)7)6-10(5,8)9/h3,6H,1-2H3,(H2,5,8,9). The van der Waals surface area contributed by atoms with Crippen molar-refractivity contribution in [2.45, 2.75) is 19.9 Å². The lowest BCUT2D eigenvalue weighted by molar-refractivity contribution is -0.118. The zero-order chi connectivity index (χ0) is 8.36. The first-order chi connectivity index (χ1) is 4.33. The summed E-state index contributed by atoms with van der Waals surface area (Å²) >= 11 is 0. The van der Waals surface area contributed by atoms with Gasteiger partial charge in [0.25, 0.3) is 10.2 Å². The number of hydrogen-bond donors (Lipinski definition) is 2. The molecule has 0 spiro atoms. The molecule has 1 atom stereocenters. The molecule has 0 aromatic carbocycles. The van der Waals surface area contributed by atoms with Gasteiger partial charge in [-0.1, -0.05) is 0 Å². The van der Waals surface area contributed by atoms with E-state index >= 15 is 0 Å². The number of hydrogen-bond acceptors (Lipinski definition) is 3. The first kappa shape index (κ1) is 9.54. The van der Waals surface area contributed by atoms with E-state index in [0.717, 1.165) is 0 Å². The van der Waals surface area contributed by atoms with E-state index in [1.807, 2.05) is 4.72 Å². The highest BCUT2D eigenvalue weighted by atomic mass is 32.2. The van der Waals surface area contributed by atoms with Gasteiger partial charge in [0, 0.05) is 0 Å². The second kappa shape index (κ2) is 3.09. The summed E-state index contributed by atoms with van der Waals surface area (Å²) in [7, 11) is -3.74. The van der Waals surface area contributed by atoms with Crippen LogP contribution in [0.1, 0.15) is 13.8 Å². The lowest BCUT2D eigenvalue weighted by atomic mass is 10.3. The second-order valence-corrected chi connectivity index (χ2v) is 3.32. The van der Waals surface area contributed by atoms with Crippen LogP contribution >= 0.6 is 0 Å². The Morgan fingerprint density at radius 2 is 2.00 bits per heavy atom. The molecule has 0 aromatic heterocycles. The fourth-order valence-corrected chi connectivity index (χ4v) is 0.988. The zero-order valence-corrected chi connectivity index (χ0v) is 6.60. The van der Waals surface area contributed by atoms with Crippen LogP contribution in [0, 0.1) is 0 Å². The topological polar surface area (TPSA) is 89.3 Å². The molecule has 0 aromatic rings. The predicted octanol–water partition coefficient (Wildman–Crippen LogP) is -1.24. The quantitative estimate of drug-likeness (QED) is 0.549. The van der Waals surface area contributed by atoms with Gasteiger partial charge in [-0.05, 0) is 13.8 Å². The summed E-state index contributed by atoms with van der Waals surface area (Å²) in [4.78, 5) is 10.4. The Hall–Kier alpha value is -0.460. The van der Waals surface area contributed by atoms with E-state index in [2.05, 4.69) is 5.14 Å². The Morgan fingerprint density at radius 3 is 2.10 bits per heavy atom. The fourth-order valence-electron chi connectivity index (χ4n) is 0.329. The molecule has 1 unspecified atom stereocenters. The van der Waals surface area contributed by atoms with Crippen molar-refractivity contribution in [3.05, 3.63) is 0 Å². The maximum Gasteiger partial charge on any atom is 0.275 e. The fraction of sp³-hybridized carbons (Fsp3) is 0.750. The third kappa shape index (κ3) is 4.42. The molecular formula is C4H10N2O3S. The van der Waals surface area contributed by atoms with Crippen molar-refractivity contribution < 1.29 is 13.2 Å². The smallest absolute Gasteiger partial charge is 0.275 e. The molecule has 0 bridgehead atoms. The minimum Gasteiger partial charge on any atom is -0.298 e. The minimum atomic E-state index is -3.74. The predicted molar refractivity (Wildman–Crippen MR) is 36.4 cm³/mol. The number of nitrogens with one attached hydrogen (secondary N) is 1. The summed E-state index contributed by atoms with van der Waals surface area (Å²) in [5, 5.41) is 4.58. The number of rotatable bonds is 3. The van der Waals surface area contributed by atoms with Gasteiger partial charge in [0.05, 0.1) is 6.04 Å². The summed E-state index contributed by atoms with van der Waals surface area (Å²) in [5.41, 5.74) is 0. The van der Waals surface area contributed by atoms with Gasteiger partial charge in [0.2, 0.25) is 0 Å². The molecule has 0 aliphatic rings. The molecule has 0 aliphatic carbocycles. The average Bonchev–Trinajstić information content (AvgIpc) is 1.60. The van der Waals surface area contributed by atoms with E-state index in [9.17, 15) is 13.2 Å². The van der Waals surface area contributed by atoms with Crippen LogP contribution in [0.15, 0.2) is 0 Å². The molecule has 0 saturated carbocycles. The van der Waals surface area contributed by atoms with E-state index in [1.165, 1.54) is 13.8 Å². The molecule has 0 amide bonds. The van der Waals surface area contributed by atoms with Crippen molar-refractivity contribution in [1.82, 2.24) is 4.72 Å². The summed E-state index contributed by atoms with van der Waals surface area (Å²) in [6, 6.07) is -0.741. The third-order valence-electron chi connectivity index (χ3n) is 0.951. The Morgan fingerprint density at radius 1 is 1.60 bits per heavy atom. The number of Topliss-reactive ketones (excluding diaryl/α,β-unsaturated/α-hetero) is 1. The molecular weight excluding hydrogens is 156 g/mol. The van der Waals surface area contributed by atoms with Crippen LogP contribution in [0.4, 0.5) is 0 Å². The largest absolute Gasteiger partial charge is 0.298 e. The molecule has 10 heavy (non-hydrogen) atoms. The maximum absolute atomic E-state index is 10.4. The molecule has 5 nitrogen and oxygen atoms in total. The van der Waals surface area contributed by atoms with Crippen molar-refractivity contribution in [2.75, 3.05) is 0 Å². The number of carbonyl (C=O) groups is 1. The van der Waals surface area contributed by atoms with Gasteiger partial charge in [-0.15, -0.1) is 0 Å². The number of ketones is 1. The summed E-state index contributed by atoms with van der Waals surface area (Å²) in [5.74, 6) is -0.269. The van der Waals surface area contributed by atoms with Gasteiger partial charge < -0.3 is 0 Å². The highest BCUT2D eigenvalue weighted by molar-refractivity contribution is 7.87. The maximum atomic E-state index is 10.4. The summed E-state index contributed by atoms with van der Waals surface area (Å²) < 4.78 is 22.4. The zero-order valence-electron chi connectivity index (χ0n) is 5.79. The summed E-state index contributed by atoms with van der Waals surface area (Å²) in [6.45, 7) is 2.70. The van der Waals surface area contributed by atoms with E-state index in [-0.39, 0.29) is 5.78 Å². The van der Waals surface area contributed by atoms with Crippen LogP contribution in [0.2, 0.25) is 0 Å². The van der Waals surface area contributed by atoms with Gasteiger partial charge in [-0.3, -0.25) is 4.79 Å². The highest BCUT2D eigenvalue weighted by Gasteiger charge is 2.11. The lowest BCUT2D eigenvalue weighted by Gasteiger charge is -2.05. The van der Waals surface area contributed by atoms with Crippen molar-refractivity contribution in [3.63, 3.8) is 0 Å². The van der Waals surface area contributed by atoms with E-state index < -0.39 is 16.3 Å². The Kier molecular flexibility index (Phi) is 2.95. The van der Waals surface area contributed by atoms with Gasteiger partial charge >= 0.3 is 0 Å². The molecule has 0 fully saturated rings. The molecule has 3 N–H and O–H groups in total.